The second kappa shape index (κ2) is 8.05. The van der Waals surface area contributed by atoms with E-state index in [1.54, 1.807) is 23.9 Å². The summed E-state index contributed by atoms with van der Waals surface area (Å²) in [4.78, 5) is 14.1. The van der Waals surface area contributed by atoms with Gasteiger partial charge in [0.25, 0.3) is 5.91 Å². The second-order valence-corrected chi connectivity index (χ2v) is 7.69. The van der Waals surface area contributed by atoms with Crippen LogP contribution in [0.1, 0.15) is 20.9 Å². The molecule has 1 N–H and O–H groups in total. The van der Waals surface area contributed by atoms with Gasteiger partial charge in [-0.05, 0) is 61.4 Å². The van der Waals surface area contributed by atoms with Crippen molar-refractivity contribution in [3.8, 4) is 11.4 Å². The zero-order valence-corrected chi connectivity index (χ0v) is 16.9. The summed E-state index contributed by atoms with van der Waals surface area (Å²) in [6.45, 7) is 2.45. The van der Waals surface area contributed by atoms with Gasteiger partial charge in [0.15, 0.2) is 0 Å². The third-order valence-electron chi connectivity index (χ3n) is 4.70. The fourth-order valence-electron chi connectivity index (χ4n) is 3.12. The molecule has 0 aliphatic heterocycles. The number of benzene rings is 2. The number of halogens is 1. The molecule has 29 heavy (non-hydrogen) atoms. The predicted molar refractivity (Wildman–Crippen MR) is 113 cm³/mol. The Bertz CT molecular complexity index is 1150. The van der Waals surface area contributed by atoms with Crippen LogP contribution in [-0.4, -0.2) is 29.3 Å². The molecule has 7 heteroatoms. The molecule has 0 saturated heterocycles. The van der Waals surface area contributed by atoms with Crippen LogP contribution in [0.2, 0.25) is 0 Å². The van der Waals surface area contributed by atoms with Gasteiger partial charge in [0.2, 0.25) is 0 Å². The number of amides is 1. The van der Waals surface area contributed by atoms with Gasteiger partial charge in [-0.1, -0.05) is 12.1 Å². The summed E-state index contributed by atoms with van der Waals surface area (Å²) in [6, 6.07) is 15.8. The number of aromatic nitrogens is 2. The van der Waals surface area contributed by atoms with Crippen LogP contribution >= 0.6 is 11.3 Å². The van der Waals surface area contributed by atoms with E-state index < -0.39 is 0 Å². The maximum Gasteiger partial charge on any atom is 0.261 e. The van der Waals surface area contributed by atoms with Crippen molar-refractivity contribution in [1.82, 2.24) is 15.1 Å². The zero-order chi connectivity index (χ0) is 20.4. The number of fused-ring (bicyclic) bond motifs is 1. The molecule has 0 aliphatic rings. The number of rotatable bonds is 6. The Morgan fingerprint density at radius 2 is 1.90 bits per heavy atom. The lowest BCUT2D eigenvalue weighted by Crippen LogP contribution is -2.24. The molecule has 0 fully saturated rings. The molecule has 0 atom stereocenters. The van der Waals surface area contributed by atoms with E-state index in [9.17, 15) is 9.18 Å². The van der Waals surface area contributed by atoms with Crippen molar-refractivity contribution in [2.24, 2.45) is 0 Å². The average molecular weight is 409 g/mol. The van der Waals surface area contributed by atoms with Gasteiger partial charge in [-0.2, -0.15) is 5.10 Å². The highest BCUT2D eigenvalue weighted by atomic mass is 32.1. The fraction of sp³-hybridized carbons (Fsp3) is 0.182. The predicted octanol–water partition coefficient (Wildman–Crippen LogP) is 4.52. The molecule has 2 heterocycles. The molecule has 4 rings (SSSR count). The first-order valence-corrected chi connectivity index (χ1v) is 10.0. The molecule has 0 bridgehead atoms. The number of hydrogen-bond acceptors (Lipinski definition) is 4. The first kappa shape index (κ1) is 19.1. The first-order chi connectivity index (χ1) is 14.0. The standard InChI is InChI=1S/C22H20FN3O2S/c1-14-19-13-20(21(27)24-12-11-15-3-9-18(28-2)10-4-15)29-22(19)26(25-14)17-7-5-16(23)6-8-17/h3-10,13H,11-12H2,1-2H3,(H,24,27). The Morgan fingerprint density at radius 1 is 1.17 bits per heavy atom. The quantitative estimate of drug-likeness (QED) is 0.510. The van der Waals surface area contributed by atoms with Crippen molar-refractivity contribution in [2.45, 2.75) is 13.3 Å². The summed E-state index contributed by atoms with van der Waals surface area (Å²) in [6.07, 6.45) is 0.739. The zero-order valence-electron chi connectivity index (χ0n) is 16.1. The highest BCUT2D eigenvalue weighted by Crippen LogP contribution is 2.30. The third kappa shape index (κ3) is 4.00. The van der Waals surface area contributed by atoms with Crippen LogP contribution < -0.4 is 10.1 Å². The molecule has 0 radical (unpaired) electrons. The van der Waals surface area contributed by atoms with Crippen molar-refractivity contribution in [1.29, 1.82) is 0 Å². The Kier molecular flexibility index (Phi) is 5.31. The molecule has 0 spiro atoms. The van der Waals surface area contributed by atoms with E-state index >= 15 is 0 Å². The highest BCUT2D eigenvalue weighted by molar-refractivity contribution is 7.20. The maximum atomic E-state index is 13.2. The minimum absolute atomic E-state index is 0.107. The minimum Gasteiger partial charge on any atom is -0.497 e. The van der Waals surface area contributed by atoms with Gasteiger partial charge < -0.3 is 10.1 Å². The van der Waals surface area contributed by atoms with Gasteiger partial charge in [-0.3, -0.25) is 4.79 Å². The molecule has 2 aromatic heterocycles. The summed E-state index contributed by atoms with van der Waals surface area (Å²) in [5, 5.41) is 8.43. The van der Waals surface area contributed by atoms with Gasteiger partial charge >= 0.3 is 0 Å². The molecular formula is C22H20FN3O2S. The Labute approximate surface area is 171 Å². The number of aryl methyl sites for hydroxylation is 1. The third-order valence-corrected chi connectivity index (χ3v) is 5.81. The number of thiophene rings is 1. The van der Waals surface area contributed by atoms with Crippen LogP contribution in [0.5, 0.6) is 5.75 Å². The van der Waals surface area contributed by atoms with Gasteiger partial charge in [0.1, 0.15) is 16.4 Å². The topological polar surface area (TPSA) is 56.1 Å². The molecule has 2 aromatic carbocycles. The number of carbonyl (C=O) groups is 1. The Morgan fingerprint density at radius 3 is 2.59 bits per heavy atom. The summed E-state index contributed by atoms with van der Waals surface area (Å²) in [5.74, 6) is 0.412. The van der Waals surface area contributed by atoms with Crippen LogP contribution in [-0.2, 0) is 6.42 Å². The number of nitrogens with zero attached hydrogens (tertiary/aromatic N) is 2. The Balaban J connectivity index is 1.48. The van der Waals surface area contributed by atoms with Crippen molar-refractivity contribution < 1.29 is 13.9 Å². The lowest BCUT2D eigenvalue weighted by molar-refractivity contribution is 0.0958. The first-order valence-electron chi connectivity index (χ1n) is 9.21. The van der Waals surface area contributed by atoms with Crippen LogP contribution in [0, 0.1) is 12.7 Å². The SMILES string of the molecule is COc1ccc(CCNC(=O)c2cc3c(C)nn(-c4ccc(F)cc4)c3s2)cc1. The van der Waals surface area contributed by atoms with Crippen LogP contribution in [0.3, 0.4) is 0 Å². The van der Waals surface area contributed by atoms with E-state index in [4.69, 9.17) is 4.74 Å². The smallest absolute Gasteiger partial charge is 0.261 e. The van der Waals surface area contributed by atoms with E-state index in [-0.39, 0.29) is 11.7 Å². The monoisotopic (exact) mass is 409 g/mol. The molecule has 4 aromatic rings. The molecule has 1 amide bonds. The molecule has 5 nitrogen and oxygen atoms in total. The fourth-order valence-corrected chi connectivity index (χ4v) is 4.22. The second-order valence-electron chi connectivity index (χ2n) is 6.66. The normalized spacial score (nSPS) is 11.0. The van der Waals surface area contributed by atoms with E-state index in [0.717, 1.165) is 39.3 Å². The molecular weight excluding hydrogens is 389 g/mol. The van der Waals surface area contributed by atoms with E-state index in [2.05, 4.69) is 10.4 Å². The highest BCUT2D eigenvalue weighted by Gasteiger charge is 2.17. The number of ether oxygens (including phenoxy) is 1. The van der Waals surface area contributed by atoms with Crippen LogP contribution in [0.15, 0.2) is 54.6 Å². The lowest BCUT2D eigenvalue weighted by atomic mass is 10.1. The van der Waals surface area contributed by atoms with E-state index in [1.165, 1.54) is 23.5 Å². The summed E-state index contributed by atoms with van der Waals surface area (Å²) >= 11 is 1.38. The number of methoxy groups -OCH3 is 1. The van der Waals surface area contributed by atoms with Gasteiger partial charge in [0.05, 0.1) is 23.4 Å². The maximum absolute atomic E-state index is 13.2. The summed E-state index contributed by atoms with van der Waals surface area (Å²) in [5.41, 5.74) is 2.72. The van der Waals surface area contributed by atoms with Crippen molar-refractivity contribution in [3.05, 3.63) is 76.5 Å². The van der Waals surface area contributed by atoms with Crippen LogP contribution in [0.4, 0.5) is 4.39 Å². The van der Waals surface area contributed by atoms with E-state index in [1.807, 2.05) is 37.3 Å². The summed E-state index contributed by atoms with van der Waals surface area (Å²) in [7, 11) is 1.64. The number of nitrogens with one attached hydrogen (secondary N) is 1. The molecule has 148 valence electrons. The van der Waals surface area contributed by atoms with Crippen molar-refractivity contribution >= 4 is 27.5 Å². The minimum atomic E-state index is -0.294. The number of carbonyl (C=O) groups excluding carboxylic acids is 1. The van der Waals surface area contributed by atoms with E-state index in [0.29, 0.717) is 11.4 Å². The molecule has 0 saturated carbocycles. The van der Waals surface area contributed by atoms with Crippen LogP contribution in [0.25, 0.3) is 15.9 Å². The van der Waals surface area contributed by atoms with Crippen molar-refractivity contribution in [2.75, 3.05) is 13.7 Å². The Hall–Kier alpha value is -3.19. The summed E-state index contributed by atoms with van der Waals surface area (Å²) < 4.78 is 20.1. The lowest BCUT2D eigenvalue weighted by Gasteiger charge is -2.05. The van der Waals surface area contributed by atoms with Gasteiger partial charge in [-0.25, -0.2) is 9.07 Å². The molecule has 0 unspecified atom stereocenters. The van der Waals surface area contributed by atoms with Gasteiger partial charge in [-0.15, -0.1) is 11.3 Å². The molecule has 0 aliphatic carbocycles. The average Bonchev–Trinajstić information content (AvgIpc) is 3.30. The van der Waals surface area contributed by atoms with Gasteiger partial charge in [0, 0.05) is 11.9 Å². The number of hydrogen-bond donors (Lipinski definition) is 1. The largest absolute Gasteiger partial charge is 0.497 e. The van der Waals surface area contributed by atoms with Crippen molar-refractivity contribution in [3.63, 3.8) is 0 Å².